The van der Waals surface area contributed by atoms with Gasteiger partial charge in [-0.05, 0) is 42.5 Å². The summed E-state index contributed by atoms with van der Waals surface area (Å²) in [6, 6.07) is 3.91. The highest BCUT2D eigenvalue weighted by Gasteiger charge is 2.65. The SMILES string of the molecule is O=C(O)C1(c2cccs2)CC2(CC2)C1. The molecule has 0 unspecified atom stereocenters. The molecule has 2 aliphatic rings. The van der Waals surface area contributed by atoms with Gasteiger partial charge in [-0.2, -0.15) is 0 Å². The smallest absolute Gasteiger partial charge is 0.315 e. The molecule has 3 heteroatoms. The summed E-state index contributed by atoms with van der Waals surface area (Å²) in [5.41, 5.74) is -0.0902. The van der Waals surface area contributed by atoms with Gasteiger partial charge in [0.05, 0.1) is 0 Å². The lowest BCUT2D eigenvalue weighted by Gasteiger charge is -2.44. The zero-order valence-electron chi connectivity index (χ0n) is 7.82. The van der Waals surface area contributed by atoms with Crippen LogP contribution in [0.4, 0.5) is 0 Å². The van der Waals surface area contributed by atoms with E-state index in [2.05, 4.69) is 0 Å². The highest BCUT2D eigenvalue weighted by Crippen LogP contribution is 2.69. The van der Waals surface area contributed by atoms with E-state index < -0.39 is 11.4 Å². The third-order valence-electron chi connectivity index (χ3n) is 3.71. The molecule has 0 saturated heterocycles. The first-order chi connectivity index (χ1) is 6.67. The zero-order valence-corrected chi connectivity index (χ0v) is 8.64. The molecule has 0 amide bonds. The minimum Gasteiger partial charge on any atom is -0.481 e. The van der Waals surface area contributed by atoms with Crippen molar-refractivity contribution in [2.45, 2.75) is 31.1 Å². The first kappa shape index (κ1) is 8.48. The van der Waals surface area contributed by atoms with Crippen LogP contribution in [-0.2, 0) is 10.2 Å². The molecular formula is C11H12O2S. The highest BCUT2D eigenvalue weighted by atomic mass is 32.1. The number of hydrogen-bond acceptors (Lipinski definition) is 2. The molecular weight excluding hydrogens is 196 g/mol. The first-order valence-corrected chi connectivity index (χ1v) is 5.82. The number of rotatable bonds is 2. The summed E-state index contributed by atoms with van der Waals surface area (Å²) >= 11 is 1.58. The van der Waals surface area contributed by atoms with Gasteiger partial charge in [0.1, 0.15) is 5.41 Å². The molecule has 0 bridgehead atoms. The number of carbonyl (C=O) groups is 1. The van der Waals surface area contributed by atoms with Crippen LogP contribution in [0.15, 0.2) is 17.5 Å². The molecule has 0 aromatic carbocycles. The summed E-state index contributed by atoms with van der Waals surface area (Å²) in [5.74, 6) is -0.627. The van der Waals surface area contributed by atoms with E-state index in [1.165, 1.54) is 12.8 Å². The van der Waals surface area contributed by atoms with Gasteiger partial charge in [-0.25, -0.2) is 0 Å². The van der Waals surface area contributed by atoms with E-state index in [4.69, 9.17) is 0 Å². The Morgan fingerprint density at radius 2 is 2.14 bits per heavy atom. The number of carboxylic acids is 1. The van der Waals surface area contributed by atoms with Crippen molar-refractivity contribution in [1.29, 1.82) is 0 Å². The molecule has 1 aromatic rings. The van der Waals surface area contributed by atoms with Crippen LogP contribution in [0.3, 0.4) is 0 Å². The fourth-order valence-electron chi connectivity index (χ4n) is 2.74. The third kappa shape index (κ3) is 0.934. The van der Waals surface area contributed by atoms with E-state index in [9.17, 15) is 9.90 Å². The van der Waals surface area contributed by atoms with E-state index in [1.54, 1.807) is 11.3 Å². The Hall–Kier alpha value is -0.830. The summed E-state index contributed by atoms with van der Waals surface area (Å²) < 4.78 is 0. The topological polar surface area (TPSA) is 37.3 Å². The first-order valence-electron chi connectivity index (χ1n) is 4.94. The standard InChI is InChI=1S/C11H12O2S/c12-9(13)11(8-2-1-5-14-8)6-10(7-11)3-4-10/h1-2,5H,3-4,6-7H2,(H,12,13). The maximum atomic E-state index is 11.3. The Morgan fingerprint density at radius 3 is 2.57 bits per heavy atom. The predicted octanol–water partition coefficient (Wildman–Crippen LogP) is 2.64. The average Bonchev–Trinajstić information content (AvgIpc) is 2.68. The minimum absolute atomic E-state index is 0.433. The summed E-state index contributed by atoms with van der Waals surface area (Å²) in [6.45, 7) is 0. The molecule has 0 aliphatic heterocycles. The highest BCUT2D eigenvalue weighted by molar-refractivity contribution is 7.10. The van der Waals surface area contributed by atoms with E-state index in [0.29, 0.717) is 5.41 Å². The van der Waals surface area contributed by atoms with E-state index in [1.807, 2.05) is 17.5 Å². The normalized spacial score (nSPS) is 25.7. The molecule has 1 N–H and O–H groups in total. The van der Waals surface area contributed by atoms with Gasteiger partial charge >= 0.3 is 5.97 Å². The number of carboxylic acid groups (broad SMARTS) is 1. The van der Waals surface area contributed by atoms with Gasteiger partial charge in [-0.3, -0.25) is 4.79 Å². The molecule has 14 heavy (non-hydrogen) atoms. The maximum Gasteiger partial charge on any atom is 0.315 e. The van der Waals surface area contributed by atoms with Crippen molar-refractivity contribution in [1.82, 2.24) is 0 Å². The summed E-state index contributed by atoms with van der Waals surface area (Å²) in [7, 11) is 0. The van der Waals surface area contributed by atoms with Gasteiger partial charge in [0, 0.05) is 4.88 Å². The Kier molecular flexibility index (Phi) is 1.45. The van der Waals surface area contributed by atoms with E-state index in [0.717, 1.165) is 17.7 Å². The monoisotopic (exact) mass is 208 g/mol. The lowest BCUT2D eigenvalue weighted by Crippen LogP contribution is -2.48. The molecule has 0 atom stereocenters. The van der Waals surface area contributed by atoms with Crippen LogP contribution in [-0.4, -0.2) is 11.1 Å². The molecule has 2 nitrogen and oxygen atoms in total. The summed E-state index contributed by atoms with van der Waals surface area (Å²) in [5, 5.41) is 11.3. The summed E-state index contributed by atoms with van der Waals surface area (Å²) in [6.07, 6.45) is 4.23. The second kappa shape index (κ2) is 2.40. The van der Waals surface area contributed by atoms with Crippen LogP contribution in [0.25, 0.3) is 0 Å². The van der Waals surface area contributed by atoms with Crippen LogP contribution in [0.1, 0.15) is 30.6 Å². The van der Waals surface area contributed by atoms with Crippen LogP contribution in [0.5, 0.6) is 0 Å². The third-order valence-corrected chi connectivity index (χ3v) is 4.79. The molecule has 2 aliphatic carbocycles. The Morgan fingerprint density at radius 1 is 1.43 bits per heavy atom. The second-order valence-electron chi connectivity index (χ2n) is 4.72. The molecule has 3 rings (SSSR count). The number of aliphatic carboxylic acids is 1. The molecule has 2 fully saturated rings. The maximum absolute atomic E-state index is 11.3. The molecule has 1 aromatic heterocycles. The molecule has 1 spiro atoms. The van der Waals surface area contributed by atoms with Gasteiger partial charge in [0.2, 0.25) is 0 Å². The van der Waals surface area contributed by atoms with Gasteiger partial charge < -0.3 is 5.11 Å². The molecule has 1 heterocycles. The van der Waals surface area contributed by atoms with Gasteiger partial charge in [0.15, 0.2) is 0 Å². The lowest BCUT2D eigenvalue weighted by atomic mass is 9.59. The van der Waals surface area contributed by atoms with Crippen LogP contribution < -0.4 is 0 Å². The van der Waals surface area contributed by atoms with Gasteiger partial charge in [0.25, 0.3) is 0 Å². The molecule has 0 radical (unpaired) electrons. The van der Waals surface area contributed by atoms with Crippen molar-refractivity contribution >= 4 is 17.3 Å². The van der Waals surface area contributed by atoms with Crippen LogP contribution in [0.2, 0.25) is 0 Å². The van der Waals surface area contributed by atoms with Crippen LogP contribution in [0, 0.1) is 5.41 Å². The lowest BCUT2D eigenvalue weighted by molar-refractivity contribution is -0.150. The van der Waals surface area contributed by atoms with Crippen LogP contribution >= 0.6 is 11.3 Å². The predicted molar refractivity (Wildman–Crippen MR) is 54.5 cm³/mol. The summed E-state index contributed by atoms with van der Waals surface area (Å²) in [4.78, 5) is 12.4. The van der Waals surface area contributed by atoms with E-state index >= 15 is 0 Å². The molecule has 2 saturated carbocycles. The molecule has 74 valence electrons. The number of hydrogen-bond donors (Lipinski definition) is 1. The Bertz CT molecular complexity index is 368. The van der Waals surface area contributed by atoms with Crippen molar-refractivity contribution in [3.8, 4) is 0 Å². The van der Waals surface area contributed by atoms with Crippen molar-refractivity contribution in [2.24, 2.45) is 5.41 Å². The van der Waals surface area contributed by atoms with Gasteiger partial charge in [-0.15, -0.1) is 11.3 Å². The average molecular weight is 208 g/mol. The minimum atomic E-state index is -0.627. The zero-order chi connectivity index (χ0) is 9.81. The van der Waals surface area contributed by atoms with Gasteiger partial charge in [-0.1, -0.05) is 6.07 Å². The Labute approximate surface area is 86.6 Å². The Balaban J connectivity index is 1.95. The quantitative estimate of drug-likeness (QED) is 0.811. The second-order valence-corrected chi connectivity index (χ2v) is 5.67. The van der Waals surface area contributed by atoms with Crippen molar-refractivity contribution in [3.63, 3.8) is 0 Å². The van der Waals surface area contributed by atoms with Crippen molar-refractivity contribution in [3.05, 3.63) is 22.4 Å². The van der Waals surface area contributed by atoms with Crippen molar-refractivity contribution in [2.75, 3.05) is 0 Å². The fraction of sp³-hybridized carbons (Fsp3) is 0.545. The fourth-order valence-corrected chi connectivity index (χ4v) is 3.66. The largest absolute Gasteiger partial charge is 0.481 e. The number of thiophene rings is 1. The van der Waals surface area contributed by atoms with E-state index in [-0.39, 0.29) is 0 Å². The van der Waals surface area contributed by atoms with Crippen molar-refractivity contribution < 1.29 is 9.90 Å².